The number of aromatic nitrogens is 1. The molecule has 3 aromatic rings. The van der Waals surface area contributed by atoms with Crippen molar-refractivity contribution < 1.29 is 19.1 Å². The second-order valence-corrected chi connectivity index (χ2v) is 7.32. The molecule has 2 N–H and O–H groups in total. The maximum absolute atomic E-state index is 12.7. The van der Waals surface area contributed by atoms with Crippen molar-refractivity contribution in [2.45, 2.75) is 12.8 Å². The summed E-state index contributed by atoms with van der Waals surface area (Å²) in [6.07, 6.45) is 1.44. The standard InChI is InChI=1S/C23H25N3O4/c1-26-18-6-5-15(13-17(18)16-9-11-25-23(28)21(16)26)22(27)24-10-8-14-4-7-19(29-2)20(12-14)30-3/h4-7,12-13H,8-11H2,1-3H3,(H,24,27)(H,25,28). The van der Waals surface area contributed by atoms with Crippen LogP contribution in [0, 0.1) is 0 Å². The summed E-state index contributed by atoms with van der Waals surface area (Å²) in [5, 5.41) is 6.82. The SMILES string of the molecule is COc1ccc(CCNC(=O)c2ccc3c(c2)c2c(n3C)C(=O)NCC2)cc1OC. The smallest absolute Gasteiger partial charge is 0.268 e. The molecule has 2 heterocycles. The monoisotopic (exact) mass is 407 g/mol. The molecule has 1 aromatic heterocycles. The first-order valence-electron chi connectivity index (χ1n) is 9.92. The number of benzene rings is 2. The second-order valence-electron chi connectivity index (χ2n) is 7.32. The Labute approximate surface area is 175 Å². The predicted molar refractivity (Wildman–Crippen MR) is 115 cm³/mol. The summed E-state index contributed by atoms with van der Waals surface area (Å²) >= 11 is 0. The lowest BCUT2D eigenvalue weighted by Gasteiger charge is -2.14. The first-order chi connectivity index (χ1) is 14.5. The van der Waals surface area contributed by atoms with Crippen molar-refractivity contribution in [2.24, 2.45) is 7.05 Å². The molecule has 0 atom stereocenters. The maximum Gasteiger partial charge on any atom is 0.268 e. The highest BCUT2D eigenvalue weighted by Gasteiger charge is 2.24. The minimum Gasteiger partial charge on any atom is -0.493 e. The molecule has 0 saturated heterocycles. The van der Waals surface area contributed by atoms with Gasteiger partial charge in [0.15, 0.2) is 11.5 Å². The lowest BCUT2D eigenvalue weighted by molar-refractivity contribution is 0.0934. The largest absolute Gasteiger partial charge is 0.493 e. The number of hydrogen-bond acceptors (Lipinski definition) is 4. The number of amides is 2. The van der Waals surface area contributed by atoms with Gasteiger partial charge in [-0.2, -0.15) is 0 Å². The predicted octanol–water partition coefficient (Wildman–Crippen LogP) is 2.45. The molecule has 4 rings (SSSR count). The molecular formula is C23H25N3O4. The van der Waals surface area contributed by atoms with Gasteiger partial charge in [-0.05, 0) is 54.3 Å². The zero-order valence-electron chi connectivity index (χ0n) is 17.4. The van der Waals surface area contributed by atoms with Gasteiger partial charge in [-0.1, -0.05) is 6.07 Å². The first kappa shape index (κ1) is 19.8. The van der Waals surface area contributed by atoms with Crippen LogP contribution in [-0.2, 0) is 19.9 Å². The van der Waals surface area contributed by atoms with Crippen molar-refractivity contribution in [3.05, 3.63) is 58.8 Å². The van der Waals surface area contributed by atoms with Crippen molar-refractivity contribution >= 4 is 22.7 Å². The Balaban J connectivity index is 1.48. The van der Waals surface area contributed by atoms with Gasteiger partial charge in [0.05, 0.1) is 14.2 Å². The number of carbonyl (C=O) groups excluding carboxylic acids is 2. The minimum absolute atomic E-state index is 0.0594. The van der Waals surface area contributed by atoms with Gasteiger partial charge >= 0.3 is 0 Å². The van der Waals surface area contributed by atoms with Crippen LogP contribution in [0.3, 0.4) is 0 Å². The summed E-state index contributed by atoms with van der Waals surface area (Å²) < 4.78 is 12.5. The molecule has 0 spiro atoms. The molecule has 0 radical (unpaired) electrons. The van der Waals surface area contributed by atoms with E-state index in [9.17, 15) is 9.59 Å². The Morgan fingerprint density at radius 3 is 2.70 bits per heavy atom. The highest BCUT2D eigenvalue weighted by atomic mass is 16.5. The van der Waals surface area contributed by atoms with E-state index in [-0.39, 0.29) is 11.8 Å². The number of hydrogen-bond donors (Lipinski definition) is 2. The fraction of sp³-hybridized carbons (Fsp3) is 0.304. The fourth-order valence-electron chi connectivity index (χ4n) is 4.05. The molecule has 156 valence electrons. The summed E-state index contributed by atoms with van der Waals surface area (Å²) in [6, 6.07) is 11.3. The van der Waals surface area contributed by atoms with E-state index in [1.807, 2.05) is 41.9 Å². The lowest BCUT2D eigenvalue weighted by atomic mass is 10.0. The average Bonchev–Trinajstić information content (AvgIpc) is 3.06. The third-order valence-electron chi connectivity index (χ3n) is 5.59. The van der Waals surface area contributed by atoms with Crippen LogP contribution in [0.25, 0.3) is 10.9 Å². The third kappa shape index (κ3) is 3.47. The van der Waals surface area contributed by atoms with E-state index in [0.29, 0.717) is 42.3 Å². The van der Waals surface area contributed by atoms with Crippen molar-refractivity contribution in [3.8, 4) is 11.5 Å². The van der Waals surface area contributed by atoms with E-state index in [0.717, 1.165) is 28.5 Å². The fourth-order valence-corrected chi connectivity index (χ4v) is 4.05. The number of rotatable bonds is 6. The van der Waals surface area contributed by atoms with Gasteiger partial charge in [0.25, 0.3) is 11.8 Å². The number of carbonyl (C=O) groups is 2. The molecule has 7 nitrogen and oxygen atoms in total. The van der Waals surface area contributed by atoms with Crippen LogP contribution >= 0.6 is 0 Å². The van der Waals surface area contributed by atoms with E-state index in [4.69, 9.17) is 9.47 Å². The molecule has 2 aromatic carbocycles. The van der Waals surface area contributed by atoms with Crippen molar-refractivity contribution in [1.82, 2.24) is 15.2 Å². The van der Waals surface area contributed by atoms with Gasteiger partial charge in [-0.3, -0.25) is 9.59 Å². The average molecular weight is 407 g/mol. The molecule has 1 aliphatic heterocycles. The molecule has 0 fully saturated rings. The van der Waals surface area contributed by atoms with Gasteiger partial charge < -0.3 is 24.7 Å². The number of nitrogens with zero attached hydrogens (tertiary/aromatic N) is 1. The second kappa shape index (κ2) is 8.10. The van der Waals surface area contributed by atoms with Gasteiger partial charge in [0, 0.05) is 36.6 Å². The molecule has 2 amide bonds. The maximum atomic E-state index is 12.7. The van der Waals surface area contributed by atoms with Crippen molar-refractivity contribution in [3.63, 3.8) is 0 Å². The topological polar surface area (TPSA) is 81.6 Å². The van der Waals surface area contributed by atoms with E-state index in [1.54, 1.807) is 20.3 Å². The highest BCUT2D eigenvalue weighted by molar-refractivity contribution is 6.05. The van der Waals surface area contributed by atoms with Crippen LogP contribution in [0.1, 0.15) is 32.0 Å². The van der Waals surface area contributed by atoms with Crippen LogP contribution in [0.5, 0.6) is 11.5 Å². The highest BCUT2D eigenvalue weighted by Crippen LogP contribution is 2.29. The molecule has 0 aliphatic carbocycles. The summed E-state index contributed by atoms with van der Waals surface area (Å²) in [4.78, 5) is 24.9. The van der Waals surface area contributed by atoms with Crippen LogP contribution in [0.4, 0.5) is 0 Å². The zero-order valence-corrected chi connectivity index (χ0v) is 17.4. The van der Waals surface area contributed by atoms with Crippen LogP contribution in [0.15, 0.2) is 36.4 Å². The molecular weight excluding hydrogens is 382 g/mol. The Hall–Kier alpha value is -3.48. The van der Waals surface area contributed by atoms with Crippen LogP contribution in [-0.4, -0.2) is 43.7 Å². The Bertz CT molecular complexity index is 1130. The molecule has 7 heteroatoms. The Morgan fingerprint density at radius 1 is 1.13 bits per heavy atom. The van der Waals surface area contributed by atoms with E-state index < -0.39 is 0 Å². The molecule has 30 heavy (non-hydrogen) atoms. The third-order valence-corrected chi connectivity index (χ3v) is 5.59. The van der Waals surface area contributed by atoms with E-state index in [1.165, 1.54) is 0 Å². The van der Waals surface area contributed by atoms with Crippen molar-refractivity contribution in [1.29, 1.82) is 0 Å². The van der Waals surface area contributed by atoms with E-state index >= 15 is 0 Å². The zero-order chi connectivity index (χ0) is 21.3. The quantitative estimate of drug-likeness (QED) is 0.658. The first-order valence-corrected chi connectivity index (χ1v) is 9.92. The Kier molecular flexibility index (Phi) is 5.35. The van der Waals surface area contributed by atoms with Gasteiger partial charge in [0.2, 0.25) is 0 Å². The van der Waals surface area contributed by atoms with Crippen LogP contribution in [0.2, 0.25) is 0 Å². The van der Waals surface area contributed by atoms with Gasteiger partial charge in [-0.15, -0.1) is 0 Å². The summed E-state index contributed by atoms with van der Waals surface area (Å²) in [6.45, 7) is 1.12. The van der Waals surface area contributed by atoms with Crippen molar-refractivity contribution in [2.75, 3.05) is 27.3 Å². The van der Waals surface area contributed by atoms with Gasteiger partial charge in [0.1, 0.15) is 5.69 Å². The summed E-state index contributed by atoms with van der Waals surface area (Å²) in [5.41, 5.74) is 4.29. The van der Waals surface area contributed by atoms with Gasteiger partial charge in [-0.25, -0.2) is 0 Å². The minimum atomic E-state index is -0.129. The van der Waals surface area contributed by atoms with E-state index in [2.05, 4.69) is 10.6 Å². The summed E-state index contributed by atoms with van der Waals surface area (Å²) in [7, 11) is 5.09. The molecule has 1 aliphatic rings. The Morgan fingerprint density at radius 2 is 1.93 bits per heavy atom. The molecule has 0 unspecified atom stereocenters. The number of methoxy groups -OCH3 is 2. The normalized spacial score (nSPS) is 13.0. The lowest BCUT2D eigenvalue weighted by Crippen LogP contribution is -2.32. The molecule has 0 bridgehead atoms. The summed E-state index contributed by atoms with van der Waals surface area (Å²) in [5.74, 6) is 1.16. The number of fused-ring (bicyclic) bond motifs is 3. The van der Waals surface area contributed by atoms with Crippen LogP contribution < -0.4 is 20.1 Å². The number of nitrogens with one attached hydrogen (secondary N) is 2. The number of ether oxygens (including phenoxy) is 2. The number of aryl methyl sites for hydroxylation is 1. The molecule has 0 saturated carbocycles.